The summed E-state index contributed by atoms with van der Waals surface area (Å²) in [5.74, 6) is 0. The molecule has 0 aliphatic rings. The minimum Gasteiger partial charge on any atom is -0.306 e. The summed E-state index contributed by atoms with van der Waals surface area (Å²) in [5, 5.41) is 0. The summed E-state index contributed by atoms with van der Waals surface area (Å²) in [6, 6.07) is 3.94. The monoisotopic (exact) mass is 360 g/mol. The van der Waals surface area contributed by atoms with Gasteiger partial charge in [0.05, 0.1) is 11.0 Å². The van der Waals surface area contributed by atoms with Gasteiger partial charge in [-0.05, 0) is 23.1 Å². The van der Waals surface area contributed by atoms with Gasteiger partial charge in [0.1, 0.15) is 0 Å². The van der Waals surface area contributed by atoms with Crippen molar-refractivity contribution in [3.05, 3.63) is 32.7 Å². The molecule has 1 unspecified atom stereocenters. The third-order valence-electron chi connectivity index (χ3n) is 2.67. The zero-order valence-electron chi connectivity index (χ0n) is 9.90. The number of fused-ring (bicyclic) bond motifs is 1. The SMILES string of the molecule is CC(C)(C)C(Br)c1cc2[nH]c(=O)[nH]c2cc1Br. The van der Waals surface area contributed by atoms with E-state index >= 15 is 0 Å². The van der Waals surface area contributed by atoms with Crippen molar-refractivity contribution >= 4 is 42.9 Å². The molecule has 1 aromatic heterocycles. The number of imidazole rings is 1. The van der Waals surface area contributed by atoms with Crippen LogP contribution in [0.25, 0.3) is 11.0 Å². The number of rotatable bonds is 1. The Bertz CT molecular complexity index is 607. The van der Waals surface area contributed by atoms with Crippen molar-refractivity contribution in [2.45, 2.75) is 25.6 Å². The molecule has 2 aromatic rings. The fraction of sp³-hybridized carbons (Fsp3) is 0.417. The Morgan fingerprint density at radius 1 is 1.18 bits per heavy atom. The zero-order chi connectivity index (χ0) is 12.8. The third kappa shape index (κ3) is 2.50. The number of aromatic nitrogens is 2. The molecule has 0 saturated carbocycles. The van der Waals surface area contributed by atoms with Crippen LogP contribution in [0.15, 0.2) is 21.4 Å². The van der Waals surface area contributed by atoms with E-state index in [2.05, 4.69) is 62.6 Å². The van der Waals surface area contributed by atoms with Gasteiger partial charge in [0.2, 0.25) is 0 Å². The van der Waals surface area contributed by atoms with E-state index < -0.39 is 0 Å². The molecule has 17 heavy (non-hydrogen) atoms. The molecule has 0 radical (unpaired) electrons. The van der Waals surface area contributed by atoms with Gasteiger partial charge in [0.25, 0.3) is 0 Å². The number of halogens is 2. The molecule has 0 amide bonds. The molecule has 1 aromatic carbocycles. The van der Waals surface area contributed by atoms with E-state index in [9.17, 15) is 4.79 Å². The summed E-state index contributed by atoms with van der Waals surface area (Å²) in [6.45, 7) is 6.51. The van der Waals surface area contributed by atoms with E-state index in [0.29, 0.717) is 0 Å². The average molecular weight is 362 g/mol. The van der Waals surface area contributed by atoms with Crippen LogP contribution >= 0.6 is 31.9 Å². The van der Waals surface area contributed by atoms with Gasteiger partial charge in [0, 0.05) is 9.30 Å². The van der Waals surface area contributed by atoms with Crippen molar-refractivity contribution in [1.82, 2.24) is 9.97 Å². The van der Waals surface area contributed by atoms with E-state index in [1.54, 1.807) is 0 Å². The number of hydrogen-bond acceptors (Lipinski definition) is 1. The van der Waals surface area contributed by atoms with Gasteiger partial charge in [-0.3, -0.25) is 0 Å². The zero-order valence-corrected chi connectivity index (χ0v) is 13.1. The molecule has 0 aliphatic carbocycles. The maximum absolute atomic E-state index is 11.2. The number of hydrogen-bond donors (Lipinski definition) is 2. The van der Waals surface area contributed by atoms with E-state index in [4.69, 9.17) is 0 Å². The first-order valence-corrected chi connectivity index (χ1v) is 7.05. The molecular weight excluding hydrogens is 348 g/mol. The summed E-state index contributed by atoms with van der Waals surface area (Å²) >= 11 is 7.27. The standard InChI is InChI=1S/C12H14Br2N2O/c1-12(2,3)10(14)6-4-8-9(5-7(6)13)16-11(17)15-8/h4-5,10H,1-3H3,(H2,15,16,17). The van der Waals surface area contributed by atoms with Crippen LogP contribution in [0.3, 0.4) is 0 Å². The first-order chi connectivity index (χ1) is 7.79. The Morgan fingerprint density at radius 2 is 1.71 bits per heavy atom. The quantitative estimate of drug-likeness (QED) is 0.738. The lowest BCUT2D eigenvalue weighted by Gasteiger charge is -2.26. The van der Waals surface area contributed by atoms with Gasteiger partial charge in [0.15, 0.2) is 0 Å². The summed E-state index contributed by atoms with van der Waals surface area (Å²) in [5.41, 5.74) is 2.72. The lowest BCUT2D eigenvalue weighted by atomic mass is 9.88. The second kappa shape index (κ2) is 4.28. The lowest BCUT2D eigenvalue weighted by molar-refractivity contribution is 0.407. The van der Waals surface area contributed by atoms with Crippen molar-refractivity contribution in [3.8, 4) is 0 Å². The molecule has 0 saturated heterocycles. The van der Waals surface area contributed by atoms with Crippen LogP contribution in [0.1, 0.15) is 31.2 Å². The maximum atomic E-state index is 11.2. The summed E-state index contributed by atoms with van der Waals surface area (Å²) in [6.07, 6.45) is 0. The first kappa shape index (κ1) is 12.9. The molecule has 0 spiro atoms. The smallest absolute Gasteiger partial charge is 0.306 e. The van der Waals surface area contributed by atoms with Crippen LogP contribution in [0.5, 0.6) is 0 Å². The second-order valence-electron chi connectivity index (χ2n) is 5.23. The highest BCUT2D eigenvalue weighted by Crippen LogP contribution is 2.43. The predicted octanol–water partition coefficient (Wildman–Crippen LogP) is 4.10. The highest BCUT2D eigenvalue weighted by Gasteiger charge is 2.25. The van der Waals surface area contributed by atoms with Crippen LogP contribution in [-0.4, -0.2) is 9.97 Å². The van der Waals surface area contributed by atoms with Crippen molar-refractivity contribution < 1.29 is 0 Å². The number of H-pyrrole nitrogens is 2. The minimum atomic E-state index is -0.175. The van der Waals surface area contributed by atoms with Crippen molar-refractivity contribution in [2.24, 2.45) is 5.41 Å². The van der Waals surface area contributed by atoms with Gasteiger partial charge in [-0.2, -0.15) is 0 Å². The molecule has 2 N–H and O–H groups in total. The predicted molar refractivity (Wildman–Crippen MR) is 77.7 cm³/mol. The molecule has 0 aliphatic heterocycles. The molecular formula is C12H14Br2N2O. The molecule has 5 heteroatoms. The Morgan fingerprint density at radius 3 is 2.24 bits per heavy atom. The van der Waals surface area contributed by atoms with E-state index in [1.165, 1.54) is 0 Å². The largest absolute Gasteiger partial charge is 0.323 e. The molecule has 3 nitrogen and oxygen atoms in total. The van der Waals surface area contributed by atoms with Gasteiger partial charge in [-0.1, -0.05) is 52.6 Å². The third-order valence-corrected chi connectivity index (χ3v) is 5.22. The van der Waals surface area contributed by atoms with E-state index in [1.807, 2.05) is 12.1 Å². The Balaban J connectivity index is 2.61. The van der Waals surface area contributed by atoms with Gasteiger partial charge < -0.3 is 9.97 Å². The van der Waals surface area contributed by atoms with Crippen LogP contribution in [0, 0.1) is 5.41 Å². The number of nitrogens with one attached hydrogen (secondary N) is 2. The van der Waals surface area contributed by atoms with Crippen molar-refractivity contribution in [3.63, 3.8) is 0 Å². The van der Waals surface area contributed by atoms with Crippen molar-refractivity contribution in [2.75, 3.05) is 0 Å². The Labute approximate surface area is 116 Å². The summed E-state index contributed by atoms with van der Waals surface area (Å²) < 4.78 is 0.997. The number of aromatic amines is 2. The summed E-state index contributed by atoms with van der Waals surface area (Å²) in [7, 11) is 0. The fourth-order valence-electron chi connectivity index (χ4n) is 1.73. The van der Waals surface area contributed by atoms with Crippen molar-refractivity contribution in [1.29, 1.82) is 0 Å². The topological polar surface area (TPSA) is 48.6 Å². The highest BCUT2D eigenvalue weighted by molar-refractivity contribution is 9.11. The highest BCUT2D eigenvalue weighted by atomic mass is 79.9. The van der Waals surface area contributed by atoms with Gasteiger partial charge in [-0.15, -0.1) is 0 Å². The van der Waals surface area contributed by atoms with Crippen LogP contribution in [-0.2, 0) is 0 Å². The molecule has 0 bridgehead atoms. The van der Waals surface area contributed by atoms with E-state index in [0.717, 1.165) is 21.1 Å². The van der Waals surface area contributed by atoms with Crippen LogP contribution < -0.4 is 5.69 Å². The Hall–Kier alpha value is -0.550. The summed E-state index contributed by atoms with van der Waals surface area (Å²) in [4.78, 5) is 17.0. The molecule has 1 atom stereocenters. The molecule has 92 valence electrons. The van der Waals surface area contributed by atoms with Gasteiger partial charge >= 0.3 is 5.69 Å². The molecule has 1 heterocycles. The Kier molecular flexibility index (Phi) is 3.25. The normalized spacial score (nSPS) is 14.2. The average Bonchev–Trinajstić information content (AvgIpc) is 2.53. The first-order valence-electron chi connectivity index (χ1n) is 5.34. The molecule has 2 rings (SSSR count). The van der Waals surface area contributed by atoms with Crippen LogP contribution in [0.2, 0.25) is 0 Å². The van der Waals surface area contributed by atoms with Gasteiger partial charge in [-0.25, -0.2) is 4.79 Å². The lowest BCUT2D eigenvalue weighted by Crippen LogP contribution is -2.13. The van der Waals surface area contributed by atoms with E-state index in [-0.39, 0.29) is 15.9 Å². The number of alkyl halides is 1. The van der Waals surface area contributed by atoms with Crippen LogP contribution in [0.4, 0.5) is 0 Å². The number of benzene rings is 1. The minimum absolute atomic E-state index is 0.104. The maximum Gasteiger partial charge on any atom is 0.323 e. The molecule has 0 fully saturated rings. The second-order valence-corrected chi connectivity index (χ2v) is 7.00. The fourth-order valence-corrected chi connectivity index (χ4v) is 2.99.